The molecule has 0 bridgehead atoms. The summed E-state index contributed by atoms with van der Waals surface area (Å²) in [5.41, 5.74) is 0. The Bertz CT molecular complexity index is 582. The van der Waals surface area contributed by atoms with Crippen LogP contribution in [0.3, 0.4) is 0 Å². The van der Waals surface area contributed by atoms with Crippen molar-refractivity contribution < 1.29 is 14.2 Å². The fourth-order valence-electron chi connectivity index (χ4n) is 6.48. The summed E-state index contributed by atoms with van der Waals surface area (Å²) in [4.78, 5) is 0. The lowest BCUT2D eigenvalue weighted by atomic mass is 9.96. The summed E-state index contributed by atoms with van der Waals surface area (Å²) >= 11 is 0. The van der Waals surface area contributed by atoms with Crippen LogP contribution in [-0.2, 0) is 14.2 Å². The summed E-state index contributed by atoms with van der Waals surface area (Å²) in [5.74, 6) is 0. The minimum Gasteiger partial charge on any atom is -0.375 e. The second-order valence-electron chi connectivity index (χ2n) is 13.6. The molecule has 43 heavy (non-hydrogen) atoms. The quantitative estimate of drug-likeness (QED) is 0.0566. The van der Waals surface area contributed by atoms with E-state index in [0.717, 1.165) is 26.1 Å². The molecule has 2 aliphatic rings. The molecule has 0 amide bonds. The molecule has 2 aliphatic heterocycles. The maximum absolute atomic E-state index is 6.81. The minimum absolute atomic E-state index is 0.261. The number of hydrogen-bond acceptors (Lipinski definition) is 3. The molecule has 2 rings (SSSR count). The van der Waals surface area contributed by atoms with Gasteiger partial charge in [0.2, 0.25) is 0 Å². The Hall–Kier alpha value is -0.640. The first-order valence-corrected chi connectivity index (χ1v) is 19.5. The van der Waals surface area contributed by atoms with Crippen LogP contribution in [0, 0.1) is 0 Å². The van der Waals surface area contributed by atoms with Gasteiger partial charge in [0.25, 0.3) is 0 Å². The highest BCUT2D eigenvalue weighted by molar-refractivity contribution is 4.84. The van der Waals surface area contributed by atoms with Crippen LogP contribution in [0.15, 0.2) is 24.3 Å². The van der Waals surface area contributed by atoms with Gasteiger partial charge in [0.15, 0.2) is 0 Å². The highest BCUT2D eigenvalue weighted by atomic mass is 16.6. The van der Waals surface area contributed by atoms with Crippen LogP contribution in [0.25, 0.3) is 0 Å². The van der Waals surface area contributed by atoms with E-state index in [1.54, 1.807) is 0 Å². The predicted octanol–water partition coefficient (Wildman–Crippen LogP) is 12.6. The van der Waals surface area contributed by atoms with Crippen LogP contribution in [0.1, 0.15) is 194 Å². The predicted molar refractivity (Wildman–Crippen MR) is 187 cm³/mol. The van der Waals surface area contributed by atoms with E-state index in [0.29, 0.717) is 12.2 Å². The molecule has 3 nitrogen and oxygen atoms in total. The number of ether oxygens (including phenoxy) is 3. The van der Waals surface area contributed by atoms with Gasteiger partial charge in [-0.05, 0) is 77.0 Å². The standard InChI is InChI=1S/C40H74O3/c1-3-5-7-9-11-13-15-17-19-21-23-25-27-29-31-39(37-33-35-41-37)43-40(38-34-36-42-38)32-30-28-26-24-22-20-18-16-14-12-10-8-6-4-2/h17-20,37-40H,3-16,21-36H2,1-2H3/b19-17-,20-18-. The van der Waals surface area contributed by atoms with Crippen molar-refractivity contribution in [3.63, 3.8) is 0 Å². The van der Waals surface area contributed by atoms with Crippen molar-refractivity contribution in [2.45, 2.75) is 218 Å². The fourth-order valence-corrected chi connectivity index (χ4v) is 6.48. The Morgan fingerprint density at radius 2 is 0.767 bits per heavy atom. The monoisotopic (exact) mass is 603 g/mol. The molecular weight excluding hydrogens is 528 g/mol. The van der Waals surface area contributed by atoms with Crippen molar-refractivity contribution in [3.05, 3.63) is 24.3 Å². The molecule has 4 atom stereocenters. The van der Waals surface area contributed by atoms with E-state index < -0.39 is 0 Å². The summed E-state index contributed by atoms with van der Waals surface area (Å²) < 4.78 is 18.7. The van der Waals surface area contributed by atoms with Gasteiger partial charge < -0.3 is 14.2 Å². The first-order chi connectivity index (χ1) is 21.3. The molecule has 4 unspecified atom stereocenters. The topological polar surface area (TPSA) is 27.7 Å². The zero-order chi connectivity index (χ0) is 30.5. The van der Waals surface area contributed by atoms with Crippen molar-refractivity contribution in [2.75, 3.05) is 13.2 Å². The molecule has 2 fully saturated rings. The van der Waals surface area contributed by atoms with Crippen molar-refractivity contribution >= 4 is 0 Å². The molecule has 0 aliphatic carbocycles. The zero-order valence-corrected chi connectivity index (χ0v) is 29.1. The molecule has 0 aromatic heterocycles. The summed E-state index contributed by atoms with van der Waals surface area (Å²) in [6.07, 6.45) is 47.7. The maximum Gasteiger partial charge on any atom is 0.0858 e. The molecule has 0 N–H and O–H groups in total. The van der Waals surface area contributed by atoms with Crippen LogP contribution < -0.4 is 0 Å². The van der Waals surface area contributed by atoms with Crippen molar-refractivity contribution in [3.8, 4) is 0 Å². The normalized spacial score (nSPS) is 20.0. The lowest BCUT2D eigenvalue weighted by Crippen LogP contribution is -2.47. The third-order valence-corrected chi connectivity index (χ3v) is 9.65. The maximum atomic E-state index is 6.81. The second-order valence-corrected chi connectivity index (χ2v) is 13.6. The summed E-state index contributed by atoms with van der Waals surface area (Å²) in [7, 11) is 0. The van der Waals surface area contributed by atoms with Gasteiger partial charge in [0, 0.05) is 13.2 Å². The highest BCUT2D eigenvalue weighted by Gasteiger charge is 2.35. The Balaban J connectivity index is 1.51. The van der Waals surface area contributed by atoms with Crippen molar-refractivity contribution in [1.29, 1.82) is 0 Å². The van der Waals surface area contributed by atoms with E-state index in [4.69, 9.17) is 14.2 Å². The molecule has 3 heteroatoms. The van der Waals surface area contributed by atoms with E-state index in [1.165, 1.54) is 167 Å². The van der Waals surface area contributed by atoms with E-state index in [-0.39, 0.29) is 12.2 Å². The van der Waals surface area contributed by atoms with E-state index in [9.17, 15) is 0 Å². The first-order valence-electron chi connectivity index (χ1n) is 19.5. The molecule has 0 aromatic rings. The van der Waals surface area contributed by atoms with Gasteiger partial charge in [-0.25, -0.2) is 0 Å². The third-order valence-electron chi connectivity index (χ3n) is 9.65. The Morgan fingerprint density at radius 1 is 0.465 bits per heavy atom. The van der Waals surface area contributed by atoms with E-state index in [1.807, 2.05) is 0 Å². The third kappa shape index (κ3) is 20.9. The van der Waals surface area contributed by atoms with Crippen LogP contribution in [-0.4, -0.2) is 37.6 Å². The number of hydrogen-bond donors (Lipinski definition) is 0. The van der Waals surface area contributed by atoms with Crippen LogP contribution in [0.5, 0.6) is 0 Å². The minimum atomic E-state index is 0.261. The van der Waals surface area contributed by atoms with Gasteiger partial charge in [-0.3, -0.25) is 0 Å². The number of rotatable bonds is 32. The van der Waals surface area contributed by atoms with Gasteiger partial charge in [-0.15, -0.1) is 0 Å². The number of unbranched alkanes of at least 4 members (excludes halogenated alkanes) is 20. The van der Waals surface area contributed by atoms with Gasteiger partial charge in [0.1, 0.15) is 0 Å². The Kier molecular flexibility index (Phi) is 25.8. The van der Waals surface area contributed by atoms with E-state index >= 15 is 0 Å². The van der Waals surface area contributed by atoms with Gasteiger partial charge in [-0.2, -0.15) is 0 Å². The highest BCUT2D eigenvalue weighted by Crippen LogP contribution is 2.29. The SMILES string of the molecule is CCCCCCCC/C=C\CCCCCCC(OC(CCCCCC/C=C\CCCCCCCC)C1CCO1)C1CCO1. The molecular formula is C40H74O3. The molecule has 252 valence electrons. The summed E-state index contributed by atoms with van der Waals surface area (Å²) in [5, 5.41) is 0. The fraction of sp³-hybridized carbons (Fsp3) is 0.900. The Labute approximate surface area is 269 Å². The smallest absolute Gasteiger partial charge is 0.0858 e. The van der Waals surface area contributed by atoms with Gasteiger partial charge >= 0.3 is 0 Å². The number of allylic oxidation sites excluding steroid dienone is 4. The zero-order valence-electron chi connectivity index (χ0n) is 29.1. The molecule has 0 radical (unpaired) electrons. The molecule has 2 saturated heterocycles. The van der Waals surface area contributed by atoms with Crippen LogP contribution in [0.2, 0.25) is 0 Å². The molecule has 0 saturated carbocycles. The molecule has 2 heterocycles. The molecule has 0 spiro atoms. The van der Waals surface area contributed by atoms with Crippen molar-refractivity contribution in [2.24, 2.45) is 0 Å². The van der Waals surface area contributed by atoms with E-state index in [2.05, 4.69) is 38.2 Å². The van der Waals surface area contributed by atoms with Crippen LogP contribution in [0.4, 0.5) is 0 Å². The molecule has 0 aromatic carbocycles. The lowest BCUT2D eigenvalue weighted by Gasteiger charge is -2.40. The summed E-state index contributed by atoms with van der Waals surface area (Å²) in [6, 6.07) is 0. The van der Waals surface area contributed by atoms with Crippen molar-refractivity contribution in [1.82, 2.24) is 0 Å². The largest absolute Gasteiger partial charge is 0.375 e. The van der Waals surface area contributed by atoms with Gasteiger partial charge in [-0.1, -0.05) is 141 Å². The lowest BCUT2D eigenvalue weighted by molar-refractivity contribution is -0.202. The Morgan fingerprint density at radius 3 is 1.07 bits per heavy atom. The van der Waals surface area contributed by atoms with Crippen LogP contribution >= 0.6 is 0 Å². The second kappa shape index (κ2) is 28.8. The van der Waals surface area contributed by atoms with Gasteiger partial charge in [0.05, 0.1) is 24.4 Å². The average molecular weight is 603 g/mol. The average Bonchev–Trinajstić information content (AvgIpc) is 2.95. The summed E-state index contributed by atoms with van der Waals surface area (Å²) in [6.45, 7) is 6.40. The first kappa shape index (κ1) is 38.5.